The summed E-state index contributed by atoms with van der Waals surface area (Å²) in [5.74, 6) is -1.60. The van der Waals surface area contributed by atoms with Crippen LogP contribution in [0.1, 0.15) is 6.42 Å². The van der Waals surface area contributed by atoms with Gasteiger partial charge in [-0.3, -0.25) is 9.59 Å². The van der Waals surface area contributed by atoms with E-state index in [-0.39, 0.29) is 18.9 Å². The minimum Gasteiger partial charge on any atom is -0.384 e. The number of nitrogens with two attached hydrogens (primary N) is 1. The maximum Gasteiger partial charge on any atom is 0.230 e. The lowest BCUT2D eigenvalue weighted by Crippen LogP contribution is -2.30. The maximum atomic E-state index is 12.0. The second kappa shape index (κ2) is 7.33. The standard InChI is InChI=1S/C12H14Cl2N2O3/c1-19-6-7(2-11(15)17)12(18)16-10-4-8(13)3-9(14)5-10/h3-5,7H,2,6H2,1H3,(H2,15,17)(H,16,18)/t7-/m1/s1. The molecular weight excluding hydrogens is 291 g/mol. The van der Waals surface area contributed by atoms with Gasteiger partial charge >= 0.3 is 0 Å². The van der Waals surface area contributed by atoms with Gasteiger partial charge in [-0.25, -0.2) is 0 Å². The van der Waals surface area contributed by atoms with Gasteiger partial charge in [0.05, 0.1) is 12.5 Å². The molecule has 2 amide bonds. The summed E-state index contributed by atoms with van der Waals surface area (Å²) in [6, 6.07) is 4.66. The number of ether oxygens (including phenoxy) is 1. The normalized spacial score (nSPS) is 11.9. The first-order chi connectivity index (χ1) is 8.92. The first-order valence-electron chi connectivity index (χ1n) is 5.46. The van der Waals surface area contributed by atoms with E-state index in [2.05, 4.69) is 5.32 Å². The highest BCUT2D eigenvalue weighted by molar-refractivity contribution is 6.35. The van der Waals surface area contributed by atoms with Gasteiger partial charge in [0.1, 0.15) is 0 Å². The molecule has 3 N–H and O–H groups in total. The Morgan fingerprint density at radius 2 is 1.89 bits per heavy atom. The average molecular weight is 305 g/mol. The molecular formula is C12H14Cl2N2O3. The Balaban J connectivity index is 2.77. The Bertz CT molecular complexity index is 460. The van der Waals surface area contributed by atoms with E-state index in [1.165, 1.54) is 7.11 Å². The molecule has 0 spiro atoms. The molecule has 0 aliphatic rings. The summed E-state index contributed by atoms with van der Waals surface area (Å²) < 4.78 is 4.89. The maximum absolute atomic E-state index is 12.0. The molecule has 0 saturated heterocycles. The Hall–Kier alpha value is -1.30. The van der Waals surface area contributed by atoms with Gasteiger partial charge in [0.15, 0.2) is 0 Å². The van der Waals surface area contributed by atoms with Gasteiger partial charge in [-0.15, -0.1) is 0 Å². The molecule has 0 unspecified atom stereocenters. The van der Waals surface area contributed by atoms with E-state index in [9.17, 15) is 9.59 Å². The number of carbonyl (C=O) groups excluding carboxylic acids is 2. The van der Waals surface area contributed by atoms with Crippen LogP contribution >= 0.6 is 23.2 Å². The number of benzene rings is 1. The van der Waals surface area contributed by atoms with Crippen molar-refractivity contribution in [2.45, 2.75) is 6.42 Å². The fourth-order valence-electron chi connectivity index (χ4n) is 1.54. The van der Waals surface area contributed by atoms with E-state index >= 15 is 0 Å². The van der Waals surface area contributed by atoms with Gasteiger partial charge in [0.2, 0.25) is 11.8 Å². The minimum absolute atomic E-state index is 0.0893. The van der Waals surface area contributed by atoms with E-state index in [0.717, 1.165) is 0 Å². The highest BCUT2D eigenvalue weighted by Crippen LogP contribution is 2.23. The van der Waals surface area contributed by atoms with Crippen LogP contribution in [0.4, 0.5) is 5.69 Å². The van der Waals surface area contributed by atoms with E-state index in [1.54, 1.807) is 18.2 Å². The van der Waals surface area contributed by atoms with Crippen LogP contribution in [-0.2, 0) is 14.3 Å². The number of nitrogens with one attached hydrogen (secondary N) is 1. The van der Waals surface area contributed by atoms with Crippen molar-refractivity contribution in [3.05, 3.63) is 28.2 Å². The highest BCUT2D eigenvalue weighted by atomic mass is 35.5. The zero-order chi connectivity index (χ0) is 14.4. The fraction of sp³-hybridized carbons (Fsp3) is 0.333. The van der Waals surface area contributed by atoms with Crippen molar-refractivity contribution in [2.75, 3.05) is 19.0 Å². The van der Waals surface area contributed by atoms with Gasteiger partial charge in [0.25, 0.3) is 0 Å². The van der Waals surface area contributed by atoms with Gasteiger partial charge in [-0.2, -0.15) is 0 Å². The Morgan fingerprint density at radius 1 is 1.32 bits per heavy atom. The third-order valence-electron chi connectivity index (χ3n) is 2.32. The predicted octanol–water partition coefficient (Wildman–Crippen LogP) is 2.07. The smallest absolute Gasteiger partial charge is 0.230 e. The zero-order valence-electron chi connectivity index (χ0n) is 10.3. The summed E-state index contributed by atoms with van der Waals surface area (Å²) >= 11 is 11.6. The molecule has 0 radical (unpaired) electrons. The molecule has 0 fully saturated rings. The first kappa shape index (κ1) is 15.8. The van der Waals surface area contributed by atoms with E-state index in [4.69, 9.17) is 33.7 Å². The first-order valence-corrected chi connectivity index (χ1v) is 6.22. The molecule has 0 aliphatic heterocycles. The molecule has 1 aromatic rings. The van der Waals surface area contributed by atoms with Crippen molar-refractivity contribution in [1.29, 1.82) is 0 Å². The van der Waals surface area contributed by atoms with Crippen molar-refractivity contribution >= 4 is 40.7 Å². The molecule has 0 aromatic heterocycles. The van der Waals surface area contributed by atoms with E-state index in [0.29, 0.717) is 15.7 Å². The monoisotopic (exact) mass is 304 g/mol. The molecule has 0 aliphatic carbocycles. The van der Waals surface area contributed by atoms with Crippen LogP contribution in [0.3, 0.4) is 0 Å². The van der Waals surface area contributed by atoms with Crippen molar-refractivity contribution in [1.82, 2.24) is 0 Å². The van der Waals surface area contributed by atoms with Crippen molar-refractivity contribution < 1.29 is 14.3 Å². The summed E-state index contributed by atoms with van der Waals surface area (Å²) in [5.41, 5.74) is 5.54. The number of hydrogen-bond donors (Lipinski definition) is 2. The fourth-order valence-corrected chi connectivity index (χ4v) is 2.07. The minimum atomic E-state index is -0.653. The number of hydrogen-bond acceptors (Lipinski definition) is 3. The lowest BCUT2D eigenvalue weighted by Gasteiger charge is -2.14. The number of halogens is 2. The van der Waals surface area contributed by atoms with Crippen molar-refractivity contribution in [2.24, 2.45) is 11.7 Å². The molecule has 0 heterocycles. The molecule has 7 heteroatoms. The van der Waals surface area contributed by atoms with Gasteiger partial charge in [0, 0.05) is 29.3 Å². The summed E-state index contributed by atoms with van der Waals surface area (Å²) in [5, 5.41) is 3.43. The van der Waals surface area contributed by atoms with Crippen LogP contribution < -0.4 is 11.1 Å². The zero-order valence-corrected chi connectivity index (χ0v) is 11.8. The lowest BCUT2D eigenvalue weighted by molar-refractivity contribution is -0.127. The van der Waals surface area contributed by atoms with Crippen LogP contribution in [0.25, 0.3) is 0 Å². The third-order valence-corrected chi connectivity index (χ3v) is 2.75. The number of amides is 2. The van der Waals surface area contributed by atoms with Crippen LogP contribution in [-0.4, -0.2) is 25.5 Å². The quantitative estimate of drug-likeness (QED) is 0.844. The molecule has 0 bridgehead atoms. The Morgan fingerprint density at radius 3 is 2.37 bits per heavy atom. The van der Waals surface area contributed by atoms with Gasteiger partial charge in [-0.1, -0.05) is 23.2 Å². The topological polar surface area (TPSA) is 81.4 Å². The lowest BCUT2D eigenvalue weighted by atomic mass is 10.1. The molecule has 5 nitrogen and oxygen atoms in total. The molecule has 104 valence electrons. The largest absolute Gasteiger partial charge is 0.384 e. The molecule has 1 atom stereocenters. The molecule has 1 aromatic carbocycles. The molecule has 0 saturated carbocycles. The van der Waals surface area contributed by atoms with Crippen LogP contribution in [0.5, 0.6) is 0 Å². The number of rotatable bonds is 6. The van der Waals surface area contributed by atoms with Crippen LogP contribution in [0.15, 0.2) is 18.2 Å². The predicted molar refractivity (Wildman–Crippen MR) is 74.3 cm³/mol. The number of primary amides is 1. The van der Waals surface area contributed by atoms with E-state index < -0.39 is 11.8 Å². The van der Waals surface area contributed by atoms with Crippen LogP contribution in [0, 0.1) is 5.92 Å². The summed E-state index contributed by atoms with van der Waals surface area (Å²) in [4.78, 5) is 22.9. The third kappa shape index (κ3) is 5.46. The highest BCUT2D eigenvalue weighted by Gasteiger charge is 2.21. The molecule has 19 heavy (non-hydrogen) atoms. The van der Waals surface area contributed by atoms with E-state index in [1.807, 2.05) is 0 Å². The summed E-state index contributed by atoms with van der Waals surface area (Å²) in [6.07, 6.45) is -0.0893. The second-order valence-electron chi connectivity index (χ2n) is 3.97. The van der Waals surface area contributed by atoms with Gasteiger partial charge < -0.3 is 15.8 Å². The number of carbonyl (C=O) groups is 2. The summed E-state index contributed by atoms with van der Waals surface area (Å²) in [6.45, 7) is 0.100. The Kier molecular flexibility index (Phi) is 6.08. The van der Waals surface area contributed by atoms with Crippen molar-refractivity contribution in [3.63, 3.8) is 0 Å². The molecule has 1 rings (SSSR count). The average Bonchev–Trinajstić information content (AvgIpc) is 2.26. The second-order valence-corrected chi connectivity index (χ2v) is 4.84. The van der Waals surface area contributed by atoms with Crippen LogP contribution in [0.2, 0.25) is 10.0 Å². The Labute approximate surface area is 121 Å². The van der Waals surface area contributed by atoms with Crippen molar-refractivity contribution in [3.8, 4) is 0 Å². The SMILES string of the molecule is COC[C@@H](CC(N)=O)C(=O)Nc1cc(Cl)cc(Cl)c1. The summed E-state index contributed by atoms with van der Waals surface area (Å²) in [7, 11) is 1.44. The number of methoxy groups -OCH3 is 1. The van der Waals surface area contributed by atoms with Gasteiger partial charge in [-0.05, 0) is 18.2 Å². The number of anilines is 1.